The van der Waals surface area contributed by atoms with Gasteiger partial charge in [-0.2, -0.15) is 0 Å². The molecule has 3 atom stereocenters. The summed E-state index contributed by atoms with van der Waals surface area (Å²) in [4.78, 5) is 0. The van der Waals surface area contributed by atoms with E-state index >= 15 is 0 Å². The lowest BCUT2D eigenvalue weighted by molar-refractivity contribution is 0.0578. The van der Waals surface area contributed by atoms with Gasteiger partial charge in [0.25, 0.3) is 0 Å². The first-order chi connectivity index (χ1) is 8.81. The van der Waals surface area contributed by atoms with Gasteiger partial charge in [-0.15, -0.1) is 0 Å². The molecule has 3 unspecified atom stereocenters. The minimum Gasteiger partial charge on any atom is -0.380 e. The normalized spacial score (nSPS) is 23.2. The highest BCUT2D eigenvalue weighted by atomic mass is 16.5. The standard InChI is InChI=1S/C15H31NO2/c1-4-11-16-14(15(5-2)17-3)10-6-8-13-9-7-12-18-13/h13-16H,4-12H2,1-3H3. The van der Waals surface area contributed by atoms with Gasteiger partial charge in [-0.3, -0.25) is 0 Å². The summed E-state index contributed by atoms with van der Waals surface area (Å²) in [5.74, 6) is 0. The lowest BCUT2D eigenvalue weighted by Crippen LogP contribution is -2.41. The molecule has 3 nitrogen and oxygen atoms in total. The molecule has 0 radical (unpaired) electrons. The quantitative estimate of drug-likeness (QED) is 0.652. The Hall–Kier alpha value is -0.120. The second-order valence-electron chi connectivity index (χ2n) is 5.31. The summed E-state index contributed by atoms with van der Waals surface area (Å²) in [5, 5.41) is 3.63. The zero-order valence-corrected chi connectivity index (χ0v) is 12.4. The zero-order chi connectivity index (χ0) is 13.2. The van der Waals surface area contributed by atoms with Crippen molar-refractivity contribution >= 4 is 0 Å². The summed E-state index contributed by atoms with van der Waals surface area (Å²) in [6.45, 7) is 6.47. The van der Waals surface area contributed by atoms with Crippen molar-refractivity contribution in [3.05, 3.63) is 0 Å². The van der Waals surface area contributed by atoms with E-state index in [1.807, 2.05) is 7.11 Å². The van der Waals surface area contributed by atoms with Gasteiger partial charge in [-0.05, 0) is 51.5 Å². The fourth-order valence-electron chi connectivity index (χ4n) is 2.80. The number of hydrogen-bond donors (Lipinski definition) is 1. The van der Waals surface area contributed by atoms with Crippen molar-refractivity contribution in [2.45, 2.75) is 77.0 Å². The average Bonchev–Trinajstić information content (AvgIpc) is 2.89. The van der Waals surface area contributed by atoms with Crippen LogP contribution in [0.1, 0.15) is 58.8 Å². The van der Waals surface area contributed by atoms with E-state index in [0.717, 1.165) is 19.6 Å². The van der Waals surface area contributed by atoms with E-state index in [4.69, 9.17) is 9.47 Å². The van der Waals surface area contributed by atoms with Crippen LogP contribution in [0.5, 0.6) is 0 Å². The van der Waals surface area contributed by atoms with Gasteiger partial charge in [-0.1, -0.05) is 13.8 Å². The summed E-state index contributed by atoms with van der Waals surface area (Å²) in [6.07, 6.45) is 9.30. The Balaban J connectivity index is 2.25. The topological polar surface area (TPSA) is 30.5 Å². The maximum absolute atomic E-state index is 5.68. The fourth-order valence-corrected chi connectivity index (χ4v) is 2.80. The molecule has 0 saturated carbocycles. The first-order valence-corrected chi connectivity index (χ1v) is 7.69. The van der Waals surface area contributed by atoms with E-state index in [0.29, 0.717) is 18.2 Å². The van der Waals surface area contributed by atoms with Crippen molar-refractivity contribution in [1.29, 1.82) is 0 Å². The minimum absolute atomic E-state index is 0.348. The smallest absolute Gasteiger partial charge is 0.0721 e. The maximum Gasteiger partial charge on any atom is 0.0721 e. The predicted octanol–water partition coefficient (Wildman–Crippen LogP) is 3.13. The first kappa shape index (κ1) is 15.9. The molecule has 108 valence electrons. The molecule has 1 fully saturated rings. The Bertz CT molecular complexity index is 189. The van der Waals surface area contributed by atoms with Crippen molar-refractivity contribution in [3.63, 3.8) is 0 Å². The Morgan fingerprint density at radius 2 is 2.22 bits per heavy atom. The molecule has 0 spiro atoms. The first-order valence-electron chi connectivity index (χ1n) is 7.69. The van der Waals surface area contributed by atoms with E-state index in [1.54, 1.807) is 0 Å². The number of hydrogen-bond acceptors (Lipinski definition) is 3. The molecule has 0 aliphatic carbocycles. The third-order valence-electron chi connectivity index (χ3n) is 3.88. The van der Waals surface area contributed by atoms with E-state index in [1.165, 1.54) is 38.5 Å². The number of ether oxygens (including phenoxy) is 2. The molecule has 0 aromatic rings. The largest absolute Gasteiger partial charge is 0.380 e. The van der Waals surface area contributed by atoms with Gasteiger partial charge in [0.2, 0.25) is 0 Å². The molecule has 0 aromatic carbocycles. The summed E-state index contributed by atoms with van der Waals surface area (Å²) in [6, 6.07) is 0.501. The molecule has 1 aliphatic rings. The Morgan fingerprint density at radius 3 is 2.78 bits per heavy atom. The fraction of sp³-hybridized carbons (Fsp3) is 1.00. The van der Waals surface area contributed by atoms with Crippen LogP contribution in [0, 0.1) is 0 Å². The summed E-state index contributed by atoms with van der Waals surface area (Å²) < 4.78 is 11.3. The average molecular weight is 257 g/mol. The maximum atomic E-state index is 5.68. The number of rotatable bonds is 10. The van der Waals surface area contributed by atoms with E-state index in [2.05, 4.69) is 19.2 Å². The highest BCUT2D eigenvalue weighted by molar-refractivity contribution is 4.77. The molecule has 0 aromatic heterocycles. The lowest BCUT2D eigenvalue weighted by atomic mass is 9.99. The molecule has 1 N–H and O–H groups in total. The van der Waals surface area contributed by atoms with Crippen LogP contribution in [0.3, 0.4) is 0 Å². The van der Waals surface area contributed by atoms with E-state index in [9.17, 15) is 0 Å². The van der Waals surface area contributed by atoms with Crippen LogP contribution in [0.25, 0.3) is 0 Å². The van der Waals surface area contributed by atoms with Crippen molar-refractivity contribution in [2.75, 3.05) is 20.3 Å². The van der Waals surface area contributed by atoms with Crippen molar-refractivity contribution in [3.8, 4) is 0 Å². The summed E-state index contributed by atoms with van der Waals surface area (Å²) >= 11 is 0. The Labute approximate surface area is 113 Å². The third kappa shape index (κ3) is 5.68. The molecule has 1 heterocycles. The molecule has 18 heavy (non-hydrogen) atoms. The Kier molecular flexibility index (Phi) is 8.64. The minimum atomic E-state index is 0.348. The zero-order valence-electron chi connectivity index (χ0n) is 12.4. The molecule has 3 heteroatoms. The predicted molar refractivity (Wildman–Crippen MR) is 76.0 cm³/mol. The number of nitrogens with one attached hydrogen (secondary N) is 1. The summed E-state index contributed by atoms with van der Waals surface area (Å²) in [7, 11) is 1.83. The van der Waals surface area contributed by atoms with Gasteiger partial charge in [0.05, 0.1) is 12.2 Å². The second-order valence-corrected chi connectivity index (χ2v) is 5.31. The van der Waals surface area contributed by atoms with Crippen LogP contribution < -0.4 is 5.32 Å². The Morgan fingerprint density at radius 1 is 1.39 bits per heavy atom. The van der Waals surface area contributed by atoms with Gasteiger partial charge < -0.3 is 14.8 Å². The van der Waals surface area contributed by atoms with E-state index < -0.39 is 0 Å². The second kappa shape index (κ2) is 9.76. The van der Waals surface area contributed by atoms with Gasteiger partial charge in [0.1, 0.15) is 0 Å². The van der Waals surface area contributed by atoms with Gasteiger partial charge in [0, 0.05) is 19.8 Å². The van der Waals surface area contributed by atoms with Crippen LogP contribution in [-0.4, -0.2) is 38.5 Å². The molecule has 0 amide bonds. The molecule has 1 aliphatic heterocycles. The molecular weight excluding hydrogens is 226 g/mol. The van der Waals surface area contributed by atoms with Crippen LogP contribution in [0.4, 0.5) is 0 Å². The molecule has 1 rings (SSSR count). The lowest BCUT2D eigenvalue weighted by Gasteiger charge is -2.26. The molecular formula is C15H31NO2. The van der Waals surface area contributed by atoms with Crippen molar-refractivity contribution in [1.82, 2.24) is 5.32 Å². The number of methoxy groups -OCH3 is 1. The summed E-state index contributed by atoms with van der Waals surface area (Å²) in [5.41, 5.74) is 0. The monoisotopic (exact) mass is 257 g/mol. The van der Waals surface area contributed by atoms with Crippen molar-refractivity contribution < 1.29 is 9.47 Å². The molecule has 0 bridgehead atoms. The van der Waals surface area contributed by atoms with Crippen LogP contribution in [-0.2, 0) is 9.47 Å². The highest BCUT2D eigenvalue weighted by Crippen LogP contribution is 2.19. The van der Waals surface area contributed by atoms with E-state index in [-0.39, 0.29) is 0 Å². The van der Waals surface area contributed by atoms with Crippen LogP contribution in [0.15, 0.2) is 0 Å². The van der Waals surface area contributed by atoms with Gasteiger partial charge in [-0.25, -0.2) is 0 Å². The van der Waals surface area contributed by atoms with Gasteiger partial charge >= 0.3 is 0 Å². The van der Waals surface area contributed by atoms with Crippen LogP contribution >= 0.6 is 0 Å². The third-order valence-corrected chi connectivity index (χ3v) is 3.88. The highest BCUT2D eigenvalue weighted by Gasteiger charge is 2.20. The SMILES string of the molecule is CCCNC(CCCC1CCCO1)C(CC)OC. The molecule has 1 saturated heterocycles. The van der Waals surface area contributed by atoms with Crippen LogP contribution in [0.2, 0.25) is 0 Å². The van der Waals surface area contributed by atoms with Gasteiger partial charge in [0.15, 0.2) is 0 Å². The van der Waals surface area contributed by atoms with Crippen molar-refractivity contribution in [2.24, 2.45) is 0 Å².